The van der Waals surface area contributed by atoms with E-state index in [-0.39, 0.29) is 17.6 Å². The second kappa shape index (κ2) is 7.97. The van der Waals surface area contributed by atoms with Crippen molar-refractivity contribution in [3.8, 4) is 0 Å². The van der Waals surface area contributed by atoms with Gasteiger partial charge in [0.25, 0.3) is 0 Å². The normalized spacial score (nSPS) is 19.2. The first-order chi connectivity index (χ1) is 9.76. The van der Waals surface area contributed by atoms with Gasteiger partial charge in [0.15, 0.2) is 6.29 Å². The topological polar surface area (TPSA) is 51.9 Å². The Hall–Kier alpha value is -0.630. The Kier molecular flexibility index (Phi) is 6.28. The van der Waals surface area contributed by atoms with Crippen molar-refractivity contribution in [1.82, 2.24) is 4.90 Å². The number of carbonyl (C=O) groups excluding carboxylic acids is 1. The Bertz CT molecular complexity index is 409. The fourth-order valence-corrected chi connectivity index (χ4v) is 4.11. The first kappa shape index (κ1) is 15.8. The van der Waals surface area contributed by atoms with Gasteiger partial charge in [-0.25, -0.2) is 0 Å². The minimum Gasteiger partial charge on any atom is -0.468 e. The summed E-state index contributed by atoms with van der Waals surface area (Å²) in [6.45, 7) is 0.699. The van der Waals surface area contributed by atoms with Gasteiger partial charge in [-0.2, -0.15) is 11.8 Å². The number of hydrogen-bond acceptors (Lipinski definition) is 6. The van der Waals surface area contributed by atoms with E-state index < -0.39 is 0 Å². The Morgan fingerprint density at radius 1 is 1.55 bits per heavy atom. The molecule has 20 heavy (non-hydrogen) atoms. The number of ether oxygens (including phenoxy) is 2. The number of nitrogens with zero attached hydrogens (tertiary/aromatic N) is 1. The number of rotatable bonds is 8. The number of furan rings is 1. The standard InChI is InChI=1S/C13H19NO4S2/c1-16-13(17-2)12-14(11(15)9-20-12)5-7-19-8-10-4-3-6-18-10/h3-4,6,12-13H,5,7-9H2,1-2H3. The largest absolute Gasteiger partial charge is 0.468 e. The van der Waals surface area contributed by atoms with Crippen LogP contribution in [0.2, 0.25) is 0 Å². The lowest BCUT2D eigenvalue weighted by molar-refractivity contribution is -0.144. The average molecular weight is 317 g/mol. The summed E-state index contributed by atoms with van der Waals surface area (Å²) < 4.78 is 15.8. The number of carbonyl (C=O) groups is 1. The van der Waals surface area contributed by atoms with Gasteiger partial charge in [-0.1, -0.05) is 0 Å². The van der Waals surface area contributed by atoms with Gasteiger partial charge < -0.3 is 18.8 Å². The fourth-order valence-electron chi connectivity index (χ4n) is 2.01. The van der Waals surface area contributed by atoms with Gasteiger partial charge >= 0.3 is 0 Å². The predicted molar refractivity (Wildman–Crippen MR) is 80.6 cm³/mol. The zero-order valence-electron chi connectivity index (χ0n) is 11.6. The SMILES string of the molecule is COC(OC)C1SCC(=O)N1CCSCc1ccco1. The highest BCUT2D eigenvalue weighted by atomic mass is 32.2. The van der Waals surface area contributed by atoms with Gasteiger partial charge in [0.05, 0.1) is 17.8 Å². The van der Waals surface area contributed by atoms with Gasteiger partial charge in [0, 0.05) is 26.5 Å². The highest BCUT2D eigenvalue weighted by Crippen LogP contribution is 2.29. The summed E-state index contributed by atoms with van der Waals surface area (Å²) in [6.07, 6.45) is 1.30. The molecule has 2 heterocycles. The van der Waals surface area contributed by atoms with E-state index in [1.807, 2.05) is 17.0 Å². The van der Waals surface area contributed by atoms with Crippen LogP contribution in [0.1, 0.15) is 5.76 Å². The summed E-state index contributed by atoms with van der Waals surface area (Å²) in [7, 11) is 3.20. The molecule has 0 saturated carbocycles. The quantitative estimate of drug-likeness (QED) is 0.540. The maximum absolute atomic E-state index is 11.9. The third-order valence-corrected chi connectivity index (χ3v) is 5.20. The van der Waals surface area contributed by atoms with Crippen LogP contribution in [0.25, 0.3) is 0 Å². The van der Waals surface area contributed by atoms with Crippen molar-refractivity contribution < 1.29 is 18.7 Å². The molecule has 0 aromatic carbocycles. The Morgan fingerprint density at radius 3 is 3.00 bits per heavy atom. The smallest absolute Gasteiger partial charge is 0.233 e. The minimum absolute atomic E-state index is 0.0540. The third-order valence-electron chi connectivity index (χ3n) is 3.00. The number of amides is 1. The lowest BCUT2D eigenvalue weighted by atomic mass is 10.4. The lowest BCUT2D eigenvalue weighted by Gasteiger charge is -2.28. The number of methoxy groups -OCH3 is 2. The molecule has 1 aromatic rings. The molecule has 7 heteroatoms. The molecular formula is C13H19NO4S2. The van der Waals surface area contributed by atoms with Crippen molar-refractivity contribution >= 4 is 29.4 Å². The van der Waals surface area contributed by atoms with Crippen LogP contribution in [0.5, 0.6) is 0 Å². The van der Waals surface area contributed by atoms with Crippen molar-refractivity contribution in [2.24, 2.45) is 0 Å². The molecule has 0 aliphatic carbocycles. The molecule has 1 fully saturated rings. The van der Waals surface area contributed by atoms with Crippen LogP contribution in [-0.4, -0.2) is 54.7 Å². The van der Waals surface area contributed by atoms with Crippen LogP contribution in [0, 0.1) is 0 Å². The van der Waals surface area contributed by atoms with E-state index in [9.17, 15) is 4.79 Å². The van der Waals surface area contributed by atoms with E-state index in [4.69, 9.17) is 13.9 Å². The van der Waals surface area contributed by atoms with E-state index in [1.165, 1.54) is 0 Å². The maximum atomic E-state index is 11.9. The molecular weight excluding hydrogens is 298 g/mol. The van der Waals surface area contributed by atoms with Gasteiger partial charge in [0.1, 0.15) is 11.1 Å². The zero-order valence-corrected chi connectivity index (χ0v) is 13.2. The van der Waals surface area contributed by atoms with E-state index in [1.54, 1.807) is 44.0 Å². The minimum atomic E-state index is -0.374. The zero-order chi connectivity index (χ0) is 14.4. The summed E-state index contributed by atoms with van der Waals surface area (Å²) in [6, 6.07) is 3.84. The molecule has 1 atom stereocenters. The molecule has 1 unspecified atom stereocenters. The van der Waals surface area contributed by atoms with E-state index in [2.05, 4.69) is 0 Å². The monoisotopic (exact) mass is 317 g/mol. The molecule has 0 bridgehead atoms. The van der Waals surface area contributed by atoms with Gasteiger partial charge in [-0.05, 0) is 12.1 Å². The molecule has 1 aliphatic rings. The molecule has 112 valence electrons. The highest BCUT2D eigenvalue weighted by Gasteiger charge is 2.37. The van der Waals surface area contributed by atoms with Gasteiger partial charge in [0.2, 0.25) is 5.91 Å². The number of thioether (sulfide) groups is 2. The van der Waals surface area contributed by atoms with Crippen molar-refractivity contribution in [3.05, 3.63) is 24.2 Å². The van der Waals surface area contributed by atoms with Crippen LogP contribution in [0.3, 0.4) is 0 Å². The van der Waals surface area contributed by atoms with E-state index in [0.717, 1.165) is 17.3 Å². The lowest BCUT2D eigenvalue weighted by Crippen LogP contribution is -2.42. The maximum Gasteiger partial charge on any atom is 0.233 e. The van der Waals surface area contributed by atoms with Crippen LogP contribution in [0.4, 0.5) is 0 Å². The second-order valence-corrected chi connectivity index (χ2v) is 6.47. The molecule has 2 rings (SSSR count). The molecule has 1 aliphatic heterocycles. The van der Waals surface area contributed by atoms with E-state index in [0.29, 0.717) is 12.3 Å². The van der Waals surface area contributed by atoms with Crippen LogP contribution in [0.15, 0.2) is 22.8 Å². The first-order valence-corrected chi connectivity index (χ1v) is 8.53. The molecule has 5 nitrogen and oxygen atoms in total. The fraction of sp³-hybridized carbons (Fsp3) is 0.615. The Morgan fingerprint density at radius 2 is 2.35 bits per heavy atom. The summed E-state index contributed by atoms with van der Waals surface area (Å²) in [5, 5.41) is -0.0540. The summed E-state index contributed by atoms with van der Waals surface area (Å²) in [5.74, 6) is 3.30. The van der Waals surface area contributed by atoms with Gasteiger partial charge in [-0.15, -0.1) is 11.8 Å². The molecule has 1 amide bonds. The Labute approximate surface area is 127 Å². The third kappa shape index (κ3) is 3.94. The second-order valence-electron chi connectivity index (χ2n) is 4.26. The van der Waals surface area contributed by atoms with Crippen molar-refractivity contribution in [2.45, 2.75) is 17.4 Å². The summed E-state index contributed by atoms with van der Waals surface area (Å²) in [4.78, 5) is 13.8. The highest BCUT2D eigenvalue weighted by molar-refractivity contribution is 8.01. The van der Waals surface area contributed by atoms with Crippen LogP contribution in [-0.2, 0) is 20.0 Å². The molecule has 1 aromatic heterocycles. The van der Waals surface area contributed by atoms with Crippen molar-refractivity contribution in [3.63, 3.8) is 0 Å². The van der Waals surface area contributed by atoms with Gasteiger partial charge in [-0.3, -0.25) is 4.79 Å². The van der Waals surface area contributed by atoms with Crippen LogP contribution >= 0.6 is 23.5 Å². The average Bonchev–Trinajstić information content (AvgIpc) is 3.08. The first-order valence-electron chi connectivity index (χ1n) is 6.33. The summed E-state index contributed by atoms with van der Waals surface area (Å²) >= 11 is 3.32. The molecule has 0 spiro atoms. The summed E-state index contributed by atoms with van der Waals surface area (Å²) in [5.41, 5.74) is 0. The number of hydrogen-bond donors (Lipinski definition) is 0. The molecule has 0 N–H and O–H groups in total. The van der Waals surface area contributed by atoms with E-state index >= 15 is 0 Å². The Balaban J connectivity index is 1.78. The van der Waals surface area contributed by atoms with Crippen molar-refractivity contribution in [1.29, 1.82) is 0 Å². The molecule has 0 radical (unpaired) electrons. The van der Waals surface area contributed by atoms with Crippen LogP contribution < -0.4 is 0 Å². The van der Waals surface area contributed by atoms with Crippen molar-refractivity contribution in [2.75, 3.05) is 32.3 Å². The predicted octanol–water partition coefficient (Wildman–Crippen LogP) is 2.03. The molecule has 1 saturated heterocycles.